The minimum Gasteiger partial charge on any atom is -0.370 e. The molecular formula is C12H15F3N2O2. The molecule has 0 bridgehead atoms. The van der Waals surface area contributed by atoms with Crippen LogP contribution in [0.5, 0.6) is 0 Å². The van der Waals surface area contributed by atoms with E-state index in [0.717, 1.165) is 6.07 Å². The summed E-state index contributed by atoms with van der Waals surface area (Å²) in [6.45, 7) is 0.0998. The molecule has 0 heterocycles. The van der Waals surface area contributed by atoms with Crippen molar-refractivity contribution in [3.63, 3.8) is 0 Å². The summed E-state index contributed by atoms with van der Waals surface area (Å²) in [5.74, 6) is -0.481. The van der Waals surface area contributed by atoms with Crippen molar-refractivity contribution < 1.29 is 22.7 Å². The highest BCUT2D eigenvalue weighted by molar-refractivity contribution is 5.77. The summed E-state index contributed by atoms with van der Waals surface area (Å²) in [6, 6.07) is 5.09. The van der Waals surface area contributed by atoms with Crippen molar-refractivity contribution in [1.29, 1.82) is 0 Å². The molecule has 19 heavy (non-hydrogen) atoms. The molecule has 1 rings (SSSR count). The van der Waals surface area contributed by atoms with Gasteiger partial charge in [-0.05, 0) is 11.6 Å². The second-order valence-corrected chi connectivity index (χ2v) is 3.77. The number of rotatable bonds is 6. The van der Waals surface area contributed by atoms with E-state index in [1.807, 2.05) is 0 Å². The van der Waals surface area contributed by atoms with Gasteiger partial charge in [0, 0.05) is 13.1 Å². The van der Waals surface area contributed by atoms with Gasteiger partial charge < -0.3 is 15.8 Å². The van der Waals surface area contributed by atoms with Gasteiger partial charge in [0.2, 0.25) is 5.91 Å². The van der Waals surface area contributed by atoms with Gasteiger partial charge >= 0.3 is 6.18 Å². The summed E-state index contributed by atoms with van der Waals surface area (Å²) in [5, 5.41) is 2.37. The summed E-state index contributed by atoms with van der Waals surface area (Å²) >= 11 is 0. The van der Waals surface area contributed by atoms with Crippen LogP contribution in [0, 0.1) is 0 Å². The fourth-order valence-electron chi connectivity index (χ4n) is 1.44. The molecule has 0 aliphatic rings. The Kier molecular flexibility index (Phi) is 5.78. The lowest BCUT2D eigenvalue weighted by Crippen LogP contribution is -2.29. The maximum atomic E-state index is 12.7. The van der Waals surface area contributed by atoms with Gasteiger partial charge in [0.25, 0.3) is 0 Å². The Labute approximate surface area is 108 Å². The van der Waals surface area contributed by atoms with E-state index in [1.165, 1.54) is 18.2 Å². The van der Waals surface area contributed by atoms with Crippen LogP contribution in [0.3, 0.4) is 0 Å². The van der Waals surface area contributed by atoms with E-state index in [2.05, 4.69) is 5.32 Å². The van der Waals surface area contributed by atoms with Crippen molar-refractivity contribution in [3.8, 4) is 0 Å². The Bertz CT molecular complexity index is 422. The maximum Gasteiger partial charge on any atom is 0.416 e. The second kappa shape index (κ2) is 7.10. The number of alkyl halides is 3. The molecule has 0 fully saturated rings. The fourth-order valence-corrected chi connectivity index (χ4v) is 1.44. The highest BCUT2D eigenvalue weighted by Crippen LogP contribution is 2.31. The number of carbonyl (C=O) groups excluding carboxylic acids is 1. The van der Waals surface area contributed by atoms with Crippen molar-refractivity contribution in [1.82, 2.24) is 5.32 Å². The second-order valence-electron chi connectivity index (χ2n) is 3.77. The quantitative estimate of drug-likeness (QED) is 0.770. The Hall–Kier alpha value is -1.60. The van der Waals surface area contributed by atoms with Crippen LogP contribution >= 0.6 is 0 Å². The number of halogens is 3. The van der Waals surface area contributed by atoms with Gasteiger partial charge in [0.15, 0.2) is 0 Å². The lowest BCUT2D eigenvalue weighted by atomic mass is 10.1. The van der Waals surface area contributed by atoms with E-state index in [0.29, 0.717) is 0 Å². The third-order valence-corrected chi connectivity index (χ3v) is 2.29. The van der Waals surface area contributed by atoms with E-state index in [9.17, 15) is 18.0 Å². The van der Waals surface area contributed by atoms with Crippen molar-refractivity contribution in [2.75, 3.05) is 19.8 Å². The number of hydrogen-bond acceptors (Lipinski definition) is 3. The average molecular weight is 276 g/mol. The number of amides is 1. The number of nitrogens with one attached hydrogen (secondary N) is 1. The van der Waals surface area contributed by atoms with E-state index < -0.39 is 17.6 Å². The summed E-state index contributed by atoms with van der Waals surface area (Å²) in [6.07, 6.45) is -4.43. The van der Waals surface area contributed by atoms with Crippen LogP contribution in [0.4, 0.5) is 13.2 Å². The molecule has 1 aromatic rings. The molecule has 0 spiro atoms. The van der Waals surface area contributed by atoms with E-state index >= 15 is 0 Å². The summed E-state index contributed by atoms with van der Waals surface area (Å²) in [5.41, 5.74) is 4.43. The highest BCUT2D eigenvalue weighted by Gasteiger charge is 2.32. The van der Waals surface area contributed by atoms with Crippen molar-refractivity contribution in [2.24, 2.45) is 5.73 Å². The lowest BCUT2D eigenvalue weighted by molar-refractivity contribution is -0.138. The van der Waals surface area contributed by atoms with E-state index in [4.69, 9.17) is 10.5 Å². The SMILES string of the molecule is NCCOCC(=O)NCc1ccccc1C(F)(F)F. The Morgan fingerprint density at radius 1 is 1.32 bits per heavy atom. The molecule has 0 aliphatic heterocycles. The number of benzene rings is 1. The minimum absolute atomic E-state index is 0.0159. The normalized spacial score (nSPS) is 11.4. The molecule has 4 nitrogen and oxygen atoms in total. The summed E-state index contributed by atoms with van der Waals surface area (Å²) < 4.78 is 42.9. The largest absolute Gasteiger partial charge is 0.416 e. The minimum atomic E-state index is -4.43. The molecule has 0 aromatic heterocycles. The molecule has 0 unspecified atom stereocenters. The lowest BCUT2D eigenvalue weighted by Gasteiger charge is -2.13. The topological polar surface area (TPSA) is 64.3 Å². The molecule has 1 amide bonds. The zero-order chi connectivity index (χ0) is 14.3. The predicted molar refractivity (Wildman–Crippen MR) is 63.2 cm³/mol. The first-order valence-electron chi connectivity index (χ1n) is 5.64. The Morgan fingerprint density at radius 2 is 2.00 bits per heavy atom. The third-order valence-electron chi connectivity index (χ3n) is 2.29. The molecule has 7 heteroatoms. The zero-order valence-electron chi connectivity index (χ0n) is 10.2. The first kappa shape index (κ1) is 15.5. The van der Waals surface area contributed by atoms with Crippen LogP contribution in [0.2, 0.25) is 0 Å². The highest BCUT2D eigenvalue weighted by atomic mass is 19.4. The van der Waals surface area contributed by atoms with Crippen molar-refractivity contribution >= 4 is 5.91 Å². The van der Waals surface area contributed by atoms with Crippen LogP contribution in [0.1, 0.15) is 11.1 Å². The van der Waals surface area contributed by atoms with Crippen molar-refractivity contribution in [3.05, 3.63) is 35.4 Å². The first-order valence-corrected chi connectivity index (χ1v) is 5.64. The summed E-state index contributed by atoms with van der Waals surface area (Å²) in [4.78, 5) is 11.3. The van der Waals surface area contributed by atoms with Gasteiger partial charge in [-0.2, -0.15) is 13.2 Å². The van der Waals surface area contributed by atoms with E-state index in [1.54, 1.807) is 0 Å². The number of hydrogen-bond donors (Lipinski definition) is 2. The molecule has 106 valence electrons. The van der Waals surface area contributed by atoms with Crippen LogP contribution in [0.25, 0.3) is 0 Å². The molecule has 3 N–H and O–H groups in total. The molecule has 0 saturated heterocycles. The van der Waals surface area contributed by atoms with E-state index in [-0.39, 0.29) is 31.9 Å². The number of carbonyl (C=O) groups is 1. The average Bonchev–Trinajstić information content (AvgIpc) is 2.36. The molecule has 0 radical (unpaired) electrons. The standard InChI is InChI=1S/C12H15F3N2O2/c13-12(14,15)10-4-2-1-3-9(10)7-17-11(18)8-19-6-5-16/h1-4H,5-8,16H2,(H,17,18). The van der Waals surface area contributed by atoms with Crippen LogP contribution < -0.4 is 11.1 Å². The van der Waals surface area contributed by atoms with Gasteiger partial charge in [-0.3, -0.25) is 4.79 Å². The molecule has 0 aliphatic carbocycles. The predicted octanol–water partition coefficient (Wildman–Crippen LogP) is 1.30. The van der Waals surface area contributed by atoms with Crippen molar-refractivity contribution in [2.45, 2.75) is 12.7 Å². The number of ether oxygens (including phenoxy) is 1. The maximum absolute atomic E-state index is 12.7. The molecular weight excluding hydrogens is 261 g/mol. The molecule has 1 aromatic carbocycles. The Morgan fingerprint density at radius 3 is 2.63 bits per heavy atom. The van der Waals surface area contributed by atoms with Crippen LogP contribution in [-0.4, -0.2) is 25.7 Å². The smallest absolute Gasteiger partial charge is 0.370 e. The van der Waals surface area contributed by atoms with Gasteiger partial charge in [-0.1, -0.05) is 18.2 Å². The Balaban J connectivity index is 2.56. The van der Waals surface area contributed by atoms with Gasteiger partial charge in [0.05, 0.1) is 12.2 Å². The summed E-state index contributed by atoms with van der Waals surface area (Å²) in [7, 11) is 0. The third kappa shape index (κ3) is 5.27. The first-order chi connectivity index (χ1) is 8.95. The van der Waals surface area contributed by atoms with Gasteiger partial charge in [-0.25, -0.2) is 0 Å². The van der Waals surface area contributed by atoms with Gasteiger partial charge in [0.1, 0.15) is 6.61 Å². The van der Waals surface area contributed by atoms with Crippen LogP contribution in [-0.2, 0) is 22.3 Å². The fraction of sp³-hybridized carbons (Fsp3) is 0.417. The number of nitrogens with two attached hydrogens (primary N) is 1. The molecule has 0 saturated carbocycles. The molecule has 0 atom stereocenters. The zero-order valence-corrected chi connectivity index (χ0v) is 10.2. The van der Waals surface area contributed by atoms with Gasteiger partial charge in [-0.15, -0.1) is 0 Å². The van der Waals surface area contributed by atoms with Crippen LogP contribution in [0.15, 0.2) is 24.3 Å². The monoisotopic (exact) mass is 276 g/mol.